The van der Waals surface area contributed by atoms with Gasteiger partial charge in [-0.25, -0.2) is 0 Å². The van der Waals surface area contributed by atoms with Crippen LogP contribution in [0.2, 0.25) is 5.02 Å². The van der Waals surface area contributed by atoms with Gasteiger partial charge in [0, 0.05) is 11.1 Å². The van der Waals surface area contributed by atoms with Crippen LogP contribution >= 0.6 is 23.4 Å². The Morgan fingerprint density at radius 2 is 1.63 bits per heavy atom. The maximum absolute atomic E-state index is 12.6. The average Bonchev–Trinajstić information content (AvgIpc) is 3.31. The molecule has 0 radical (unpaired) electrons. The van der Waals surface area contributed by atoms with Crippen molar-refractivity contribution in [1.82, 2.24) is 14.8 Å². The molecular formula is C27H21ClN4O2S. The highest BCUT2D eigenvalue weighted by atomic mass is 35.5. The predicted molar refractivity (Wildman–Crippen MR) is 140 cm³/mol. The molecule has 8 heteroatoms. The third-order valence-corrected chi connectivity index (χ3v) is 6.56. The van der Waals surface area contributed by atoms with E-state index in [1.54, 1.807) is 12.1 Å². The quantitative estimate of drug-likeness (QED) is 0.250. The molecule has 1 N–H and O–H groups in total. The SMILES string of the molecule is O=C(CSc1nnc(COc2cccc3ccccc23)n1-c1ccccc1)Nc1ccccc1Cl. The summed E-state index contributed by atoms with van der Waals surface area (Å²) >= 11 is 7.45. The first-order valence-electron chi connectivity index (χ1n) is 11.0. The number of amides is 1. The average molecular weight is 501 g/mol. The van der Waals surface area contributed by atoms with Crippen LogP contribution in [-0.4, -0.2) is 26.4 Å². The Morgan fingerprint density at radius 1 is 0.886 bits per heavy atom. The van der Waals surface area contributed by atoms with Gasteiger partial charge >= 0.3 is 0 Å². The Labute approximate surface area is 211 Å². The molecule has 0 unspecified atom stereocenters. The Morgan fingerprint density at radius 3 is 2.49 bits per heavy atom. The Bertz CT molecular complexity index is 1470. The fourth-order valence-electron chi connectivity index (χ4n) is 3.67. The summed E-state index contributed by atoms with van der Waals surface area (Å²) in [5.41, 5.74) is 1.47. The van der Waals surface area contributed by atoms with Crippen LogP contribution in [0.25, 0.3) is 16.5 Å². The maximum atomic E-state index is 12.6. The van der Waals surface area contributed by atoms with Gasteiger partial charge in [0.2, 0.25) is 5.91 Å². The van der Waals surface area contributed by atoms with Crippen LogP contribution in [0.5, 0.6) is 5.75 Å². The number of hydrogen-bond acceptors (Lipinski definition) is 5. The highest BCUT2D eigenvalue weighted by Gasteiger charge is 2.17. The van der Waals surface area contributed by atoms with Crippen molar-refractivity contribution in [1.29, 1.82) is 0 Å². The summed E-state index contributed by atoms with van der Waals surface area (Å²) in [6.07, 6.45) is 0. The Kier molecular flexibility index (Phi) is 6.97. The molecule has 174 valence electrons. The number of nitrogens with one attached hydrogen (secondary N) is 1. The normalized spacial score (nSPS) is 10.9. The highest BCUT2D eigenvalue weighted by molar-refractivity contribution is 7.99. The molecule has 0 spiro atoms. The van der Waals surface area contributed by atoms with Crippen molar-refractivity contribution in [3.63, 3.8) is 0 Å². The van der Waals surface area contributed by atoms with Gasteiger partial charge in [0.15, 0.2) is 11.0 Å². The minimum absolute atomic E-state index is 0.153. The van der Waals surface area contributed by atoms with Crippen LogP contribution in [-0.2, 0) is 11.4 Å². The van der Waals surface area contributed by atoms with Gasteiger partial charge in [0.1, 0.15) is 12.4 Å². The summed E-state index contributed by atoms with van der Waals surface area (Å²) in [4.78, 5) is 12.6. The molecule has 0 bridgehead atoms. The van der Waals surface area contributed by atoms with Crippen molar-refractivity contribution in [2.45, 2.75) is 11.8 Å². The molecule has 0 atom stereocenters. The third kappa shape index (κ3) is 5.31. The number of anilines is 1. The number of ether oxygens (including phenoxy) is 1. The topological polar surface area (TPSA) is 69.0 Å². The standard InChI is InChI=1S/C27H21ClN4O2S/c28-22-14-6-7-15-23(22)29-26(33)18-35-27-31-30-25(32(27)20-11-2-1-3-12-20)17-34-24-16-8-10-19-9-4-5-13-21(19)24/h1-16H,17-18H2,(H,29,33). The lowest BCUT2D eigenvalue weighted by molar-refractivity contribution is -0.113. The molecular weight excluding hydrogens is 480 g/mol. The number of fused-ring (bicyclic) bond motifs is 1. The lowest BCUT2D eigenvalue weighted by atomic mass is 10.1. The molecule has 1 aromatic heterocycles. The number of halogens is 1. The largest absolute Gasteiger partial charge is 0.485 e. The van der Waals surface area contributed by atoms with Crippen LogP contribution in [0.15, 0.2) is 102 Å². The van der Waals surface area contributed by atoms with Gasteiger partial charge in [-0.05, 0) is 35.7 Å². The van der Waals surface area contributed by atoms with Crippen molar-refractivity contribution in [2.24, 2.45) is 0 Å². The minimum Gasteiger partial charge on any atom is -0.485 e. The summed E-state index contributed by atoms with van der Waals surface area (Å²) in [7, 11) is 0. The first kappa shape index (κ1) is 23.0. The molecule has 1 heterocycles. The Hall–Kier alpha value is -3.81. The molecule has 0 aliphatic rings. The van der Waals surface area contributed by atoms with Crippen LogP contribution < -0.4 is 10.1 Å². The van der Waals surface area contributed by atoms with Gasteiger partial charge in [-0.3, -0.25) is 9.36 Å². The lowest BCUT2D eigenvalue weighted by Gasteiger charge is -2.12. The van der Waals surface area contributed by atoms with E-state index in [1.165, 1.54) is 11.8 Å². The van der Waals surface area contributed by atoms with Crippen LogP contribution in [0.3, 0.4) is 0 Å². The lowest BCUT2D eigenvalue weighted by Crippen LogP contribution is -2.15. The van der Waals surface area contributed by atoms with Crippen molar-refractivity contribution in [2.75, 3.05) is 11.1 Å². The van der Waals surface area contributed by atoms with E-state index in [0.29, 0.717) is 21.7 Å². The number of thioether (sulfide) groups is 1. The molecule has 0 saturated carbocycles. The third-order valence-electron chi connectivity index (χ3n) is 5.30. The second kappa shape index (κ2) is 10.6. The summed E-state index contributed by atoms with van der Waals surface area (Å²) in [6.45, 7) is 0.224. The minimum atomic E-state index is -0.181. The van der Waals surface area contributed by atoms with E-state index in [4.69, 9.17) is 16.3 Å². The van der Waals surface area contributed by atoms with Crippen LogP contribution in [0.1, 0.15) is 5.82 Å². The van der Waals surface area contributed by atoms with Crippen LogP contribution in [0, 0.1) is 0 Å². The van der Waals surface area contributed by atoms with E-state index in [1.807, 2.05) is 77.4 Å². The number of para-hydroxylation sites is 2. The van der Waals surface area contributed by atoms with Crippen LogP contribution in [0.4, 0.5) is 5.69 Å². The number of hydrogen-bond donors (Lipinski definition) is 1. The first-order valence-corrected chi connectivity index (χ1v) is 12.3. The zero-order valence-corrected chi connectivity index (χ0v) is 20.2. The number of aromatic nitrogens is 3. The molecule has 4 aromatic carbocycles. The van der Waals surface area contributed by atoms with Gasteiger partial charge in [-0.15, -0.1) is 10.2 Å². The molecule has 35 heavy (non-hydrogen) atoms. The number of rotatable bonds is 8. The monoisotopic (exact) mass is 500 g/mol. The highest BCUT2D eigenvalue weighted by Crippen LogP contribution is 2.28. The molecule has 5 rings (SSSR count). The van der Waals surface area contributed by atoms with E-state index in [-0.39, 0.29) is 18.3 Å². The number of carbonyl (C=O) groups excluding carboxylic acids is 1. The van der Waals surface area contributed by atoms with Crippen molar-refractivity contribution in [3.05, 3.63) is 108 Å². The van der Waals surface area contributed by atoms with Gasteiger partial charge < -0.3 is 10.1 Å². The number of nitrogens with zero attached hydrogens (tertiary/aromatic N) is 3. The molecule has 0 aliphatic carbocycles. The summed E-state index contributed by atoms with van der Waals surface area (Å²) < 4.78 is 8.09. The van der Waals surface area contributed by atoms with Crippen molar-refractivity contribution >= 4 is 45.7 Å². The van der Waals surface area contributed by atoms with Gasteiger partial charge in [-0.2, -0.15) is 0 Å². The molecule has 0 aliphatic heterocycles. The van der Waals surface area contributed by atoms with E-state index in [2.05, 4.69) is 27.6 Å². The zero-order valence-electron chi connectivity index (χ0n) is 18.6. The second-order valence-electron chi connectivity index (χ2n) is 7.65. The van der Waals surface area contributed by atoms with Gasteiger partial charge in [-0.1, -0.05) is 90.1 Å². The summed E-state index contributed by atoms with van der Waals surface area (Å²) in [6, 6.07) is 31.0. The molecule has 1 amide bonds. The summed E-state index contributed by atoms with van der Waals surface area (Å²) in [5, 5.41) is 14.8. The van der Waals surface area contributed by atoms with Gasteiger partial charge in [0.05, 0.1) is 16.5 Å². The van der Waals surface area contributed by atoms with E-state index >= 15 is 0 Å². The second-order valence-corrected chi connectivity index (χ2v) is 9.00. The molecule has 5 aromatic rings. The molecule has 6 nitrogen and oxygen atoms in total. The molecule has 0 saturated heterocycles. The first-order chi connectivity index (χ1) is 17.2. The van der Waals surface area contributed by atoms with E-state index < -0.39 is 0 Å². The fraction of sp³-hybridized carbons (Fsp3) is 0.0741. The number of carbonyl (C=O) groups is 1. The number of benzene rings is 4. The van der Waals surface area contributed by atoms with E-state index in [9.17, 15) is 4.79 Å². The summed E-state index contributed by atoms with van der Waals surface area (Å²) in [5.74, 6) is 1.39. The Balaban J connectivity index is 1.36. The zero-order chi connectivity index (χ0) is 24.0. The fourth-order valence-corrected chi connectivity index (χ4v) is 4.62. The van der Waals surface area contributed by atoms with Gasteiger partial charge in [0.25, 0.3) is 0 Å². The van der Waals surface area contributed by atoms with Crippen molar-refractivity contribution in [3.8, 4) is 11.4 Å². The molecule has 0 fully saturated rings. The predicted octanol–water partition coefficient (Wildman–Crippen LogP) is 6.38. The van der Waals surface area contributed by atoms with Crippen molar-refractivity contribution < 1.29 is 9.53 Å². The smallest absolute Gasteiger partial charge is 0.234 e. The maximum Gasteiger partial charge on any atom is 0.234 e. The van der Waals surface area contributed by atoms with E-state index in [0.717, 1.165) is 22.2 Å².